The topological polar surface area (TPSA) is 76.6 Å². The molecule has 104 valence electrons. The highest BCUT2D eigenvalue weighted by atomic mass is 35.5. The molecule has 1 aromatic heterocycles. The van der Waals surface area contributed by atoms with Gasteiger partial charge in [-0.2, -0.15) is 0 Å². The predicted molar refractivity (Wildman–Crippen MR) is 72.6 cm³/mol. The summed E-state index contributed by atoms with van der Waals surface area (Å²) in [4.78, 5) is 24.0. The summed E-state index contributed by atoms with van der Waals surface area (Å²) in [7, 11) is 1.56. The van der Waals surface area contributed by atoms with Crippen LogP contribution in [0.2, 0.25) is 5.02 Å². The van der Waals surface area contributed by atoms with Gasteiger partial charge in [-0.05, 0) is 18.2 Å². The largest absolute Gasteiger partial charge is 0.472 e. The minimum Gasteiger partial charge on any atom is -0.472 e. The number of carbonyl (C=O) groups excluding carboxylic acids is 1. The second-order valence-corrected chi connectivity index (χ2v) is 4.65. The number of benzene rings is 1. The lowest BCUT2D eigenvalue weighted by molar-refractivity contribution is -0.385. The van der Waals surface area contributed by atoms with E-state index in [0.717, 1.165) is 5.56 Å². The van der Waals surface area contributed by atoms with E-state index in [1.807, 2.05) is 0 Å². The minimum atomic E-state index is -0.602. The third-order valence-electron chi connectivity index (χ3n) is 2.73. The van der Waals surface area contributed by atoms with Crippen LogP contribution in [0.15, 0.2) is 41.2 Å². The van der Waals surface area contributed by atoms with Gasteiger partial charge in [-0.1, -0.05) is 11.6 Å². The van der Waals surface area contributed by atoms with E-state index in [-0.39, 0.29) is 16.3 Å². The van der Waals surface area contributed by atoms with E-state index in [2.05, 4.69) is 0 Å². The Balaban J connectivity index is 2.28. The van der Waals surface area contributed by atoms with Crippen LogP contribution in [0, 0.1) is 10.1 Å². The number of rotatable bonds is 4. The fourth-order valence-corrected chi connectivity index (χ4v) is 1.94. The Hall–Kier alpha value is -2.34. The first-order valence-electron chi connectivity index (χ1n) is 5.69. The van der Waals surface area contributed by atoms with Gasteiger partial charge in [0.2, 0.25) is 0 Å². The third kappa shape index (κ3) is 2.97. The zero-order valence-corrected chi connectivity index (χ0v) is 11.3. The van der Waals surface area contributed by atoms with Gasteiger partial charge in [0.15, 0.2) is 0 Å². The molecule has 0 spiro atoms. The number of halogens is 1. The Labute approximate surface area is 119 Å². The summed E-state index contributed by atoms with van der Waals surface area (Å²) >= 11 is 5.80. The molecule has 0 saturated heterocycles. The molecule has 0 aliphatic heterocycles. The molecule has 6 nitrogen and oxygen atoms in total. The molecule has 0 atom stereocenters. The monoisotopic (exact) mass is 294 g/mol. The summed E-state index contributed by atoms with van der Waals surface area (Å²) in [6.07, 6.45) is 3.01. The smallest absolute Gasteiger partial charge is 0.282 e. The van der Waals surface area contributed by atoms with Crippen molar-refractivity contribution in [1.29, 1.82) is 0 Å². The van der Waals surface area contributed by atoms with E-state index in [9.17, 15) is 14.9 Å². The standard InChI is InChI=1S/C13H11ClN2O4/c1-15(7-9-4-5-20-8-9)13(17)11-6-10(14)2-3-12(11)16(18)19/h2-6,8H,7H2,1H3. The van der Waals surface area contributed by atoms with E-state index in [4.69, 9.17) is 16.0 Å². The van der Waals surface area contributed by atoms with Crippen LogP contribution >= 0.6 is 11.6 Å². The molecule has 0 radical (unpaired) electrons. The first-order chi connectivity index (χ1) is 9.49. The van der Waals surface area contributed by atoms with Crippen LogP contribution in [0.4, 0.5) is 5.69 Å². The fraction of sp³-hybridized carbons (Fsp3) is 0.154. The number of nitrogens with zero attached hydrogens (tertiary/aromatic N) is 2. The Morgan fingerprint density at radius 3 is 2.80 bits per heavy atom. The van der Waals surface area contributed by atoms with Crippen molar-refractivity contribution in [3.8, 4) is 0 Å². The molecule has 1 aromatic carbocycles. The third-order valence-corrected chi connectivity index (χ3v) is 2.97. The summed E-state index contributed by atoms with van der Waals surface area (Å²) in [6, 6.07) is 5.62. The van der Waals surface area contributed by atoms with Gasteiger partial charge in [0, 0.05) is 30.2 Å². The number of carbonyl (C=O) groups is 1. The van der Waals surface area contributed by atoms with Gasteiger partial charge < -0.3 is 9.32 Å². The summed E-state index contributed by atoms with van der Waals surface area (Å²) < 4.78 is 4.91. The highest BCUT2D eigenvalue weighted by Crippen LogP contribution is 2.24. The lowest BCUT2D eigenvalue weighted by Crippen LogP contribution is -2.26. The van der Waals surface area contributed by atoms with Crippen molar-refractivity contribution in [3.63, 3.8) is 0 Å². The number of furan rings is 1. The molecule has 2 rings (SSSR count). The Morgan fingerprint density at radius 2 is 2.20 bits per heavy atom. The molecule has 20 heavy (non-hydrogen) atoms. The average molecular weight is 295 g/mol. The lowest BCUT2D eigenvalue weighted by Gasteiger charge is -2.16. The van der Waals surface area contributed by atoms with Crippen molar-refractivity contribution in [3.05, 3.63) is 63.1 Å². The molecule has 0 bridgehead atoms. The maximum absolute atomic E-state index is 12.3. The second-order valence-electron chi connectivity index (χ2n) is 4.21. The molecule has 0 saturated carbocycles. The van der Waals surface area contributed by atoms with Crippen molar-refractivity contribution in [2.45, 2.75) is 6.54 Å². The average Bonchev–Trinajstić information content (AvgIpc) is 2.90. The minimum absolute atomic E-state index is 0.0338. The zero-order chi connectivity index (χ0) is 14.7. The van der Waals surface area contributed by atoms with E-state index in [0.29, 0.717) is 6.54 Å². The van der Waals surface area contributed by atoms with Crippen molar-refractivity contribution < 1.29 is 14.1 Å². The molecule has 0 unspecified atom stereocenters. The summed E-state index contributed by atoms with van der Waals surface area (Å²) in [5.41, 5.74) is 0.498. The molecular weight excluding hydrogens is 284 g/mol. The fourth-order valence-electron chi connectivity index (χ4n) is 1.77. The molecule has 2 aromatic rings. The van der Waals surface area contributed by atoms with Crippen molar-refractivity contribution in [2.75, 3.05) is 7.05 Å². The zero-order valence-electron chi connectivity index (χ0n) is 10.6. The maximum atomic E-state index is 12.3. The van der Waals surface area contributed by atoms with Crippen LogP contribution < -0.4 is 0 Å². The Bertz CT molecular complexity index is 640. The highest BCUT2D eigenvalue weighted by molar-refractivity contribution is 6.31. The number of nitro benzene ring substituents is 1. The normalized spacial score (nSPS) is 10.3. The van der Waals surface area contributed by atoms with Gasteiger partial charge in [-0.3, -0.25) is 14.9 Å². The molecule has 0 aliphatic rings. The molecule has 1 heterocycles. The van der Waals surface area contributed by atoms with Gasteiger partial charge in [-0.15, -0.1) is 0 Å². The van der Waals surface area contributed by atoms with Crippen LogP contribution in [-0.2, 0) is 6.54 Å². The van der Waals surface area contributed by atoms with Gasteiger partial charge in [-0.25, -0.2) is 0 Å². The molecular formula is C13H11ClN2O4. The summed E-state index contributed by atoms with van der Waals surface area (Å²) in [6.45, 7) is 0.291. The van der Waals surface area contributed by atoms with Crippen LogP contribution in [0.25, 0.3) is 0 Å². The van der Waals surface area contributed by atoms with E-state index in [1.165, 1.54) is 35.6 Å². The van der Waals surface area contributed by atoms with Crippen molar-refractivity contribution in [2.24, 2.45) is 0 Å². The lowest BCUT2D eigenvalue weighted by atomic mass is 10.1. The number of amides is 1. The van der Waals surface area contributed by atoms with E-state index in [1.54, 1.807) is 13.1 Å². The van der Waals surface area contributed by atoms with Crippen molar-refractivity contribution >= 4 is 23.2 Å². The van der Waals surface area contributed by atoms with Crippen LogP contribution in [0.1, 0.15) is 15.9 Å². The van der Waals surface area contributed by atoms with Gasteiger partial charge in [0.05, 0.1) is 17.4 Å². The first-order valence-corrected chi connectivity index (χ1v) is 6.07. The maximum Gasteiger partial charge on any atom is 0.282 e. The second kappa shape index (κ2) is 5.75. The van der Waals surface area contributed by atoms with E-state index >= 15 is 0 Å². The molecule has 0 N–H and O–H groups in total. The van der Waals surface area contributed by atoms with E-state index < -0.39 is 10.8 Å². The Kier molecular flexibility index (Phi) is 4.05. The van der Waals surface area contributed by atoms with Gasteiger partial charge in [0.1, 0.15) is 5.56 Å². The highest BCUT2D eigenvalue weighted by Gasteiger charge is 2.23. The SMILES string of the molecule is CN(Cc1ccoc1)C(=O)c1cc(Cl)ccc1[N+](=O)[O-]. The Morgan fingerprint density at radius 1 is 1.45 bits per heavy atom. The molecule has 1 amide bonds. The summed E-state index contributed by atoms with van der Waals surface area (Å²) in [5.74, 6) is -0.472. The van der Waals surface area contributed by atoms with Crippen molar-refractivity contribution in [1.82, 2.24) is 4.90 Å². The van der Waals surface area contributed by atoms with Gasteiger partial charge >= 0.3 is 0 Å². The summed E-state index contributed by atoms with van der Waals surface area (Å²) in [5, 5.41) is 11.2. The first kappa shape index (κ1) is 14.1. The van der Waals surface area contributed by atoms with Crippen LogP contribution in [0.3, 0.4) is 0 Å². The number of hydrogen-bond acceptors (Lipinski definition) is 4. The van der Waals surface area contributed by atoms with Crippen LogP contribution in [-0.4, -0.2) is 22.8 Å². The van der Waals surface area contributed by atoms with Crippen LogP contribution in [0.5, 0.6) is 0 Å². The van der Waals surface area contributed by atoms with Gasteiger partial charge in [0.25, 0.3) is 11.6 Å². The molecule has 0 fully saturated rings. The molecule has 0 aliphatic carbocycles. The quantitative estimate of drug-likeness (QED) is 0.641. The molecule has 7 heteroatoms. The number of hydrogen-bond donors (Lipinski definition) is 0. The predicted octanol–water partition coefficient (Wildman–Crippen LogP) is 3.11. The number of nitro groups is 1.